The van der Waals surface area contributed by atoms with Crippen molar-refractivity contribution in [3.05, 3.63) is 23.9 Å². The second-order valence-corrected chi connectivity index (χ2v) is 5.30. The van der Waals surface area contributed by atoms with E-state index < -0.39 is 5.60 Å². The Kier molecular flexibility index (Phi) is 3.83. The zero-order chi connectivity index (χ0) is 13.0. The molecule has 1 saturated carbocycles. The predicted octanol–water partition coefficient (Wildman–Crippen LogP) is 2.31. The summed E-state index contributed by atoms with van der Waals surface area (Å²) in [7, 11) is 0. The molecule has 1 aliphatic rings. The molecule has 96 valence electrons. The van der Waals surface area contributed by atoms with E-state index in [1.54, 1.807) is 18.3 Å². The molecule has 0 unspecified atom stereocenters. The lowest BCUT2D eigenvalue weighted by atomic mass is 9.79. The summed E-state index contributed by atoms with van der Waals surface area (Å²) in [6.07, 6.45) is 5.42. The summed E-state index contributed by atoms with van der Waals surface area (Å²) in [5, 5.41) is 22.4. The summed E-state index contributed by atoms with van der Waals surface area (Å²) >= 11 is 0. The largest absolute Gasteiger partial charge is 0.388 e. The number of aliphatic hydroxyl groups is 1. The fourth-order valence-electron chi connectivity index (χ4n) is 2.33. The molecule has 0 spiro atoms. The zero-order valence-electron chi connectivity index (χ0n) is 10.7. The zero-order valence-corrected chi connectivity index (χ0v) is 10.7. The van der Waals surface area contributed by atoms with Gasteiger partial charge in [0, 0.05) is 12.7 Å². The monoisotopic (exact) mass is 245 g/mol. The minimum atomic E-state index is -0.628. The molecule has 0 aromatic carbocycles. The first-order valence-corrected chi connectivity index (χ1v) is 6.44. The van der Waals surface area contributed by atoms with Crippen LogP contribution in [0.4, 0.5) is 5.82 Å². The van der Waals surface area contributed by atoms with Gasteiger partial charge in [-0.15, -0.1) is 0 Å². The highest BCUT2D eigenvalue weighted by Crippen LogP contribution is 2.31. The second kappa shape index (κ2) is 5.36. The second-order valence-electron chi connectivity index (χ2n) is 5.30. The Morgan fingerprint density at radius 2 is 2.28 bits per heavy atom. The van der Waals surface area contributed by atoms with Crippen LogP contribution in [0.1, 0.15) is 38.2 Å². The van der Waals surface area contributed by atoms with E-state index >= 15 is 0 Å². The van der Waals surface area contributed by atoms with Crippen LogP contribution in [0.5, 0.6) is 0 Å². The molecule has 4 nitrogen and oxygen atoms in total. The van der Waals surface area contributed by atoms with Crippen LogP contribution in [0.15, 0.2) is 18.3 Å². The summed E-state index contributed by atoms with van der Waals surface area (Å²) in [6, 6.07) is 5.45. The Morgan fingerprint density at radius 3 is 2.94 bits per heavy atom. The van der Waals surface area contributed by atoms with Crippen molar-refractivity contribution in [3.63, 3.8) is 0 Å². The van der Waals surface area contributed by atoms with Crippen LogP contribution in [-0.4, -0.2) is 22.2 Å². The summed E-state index contributed by atoms with van der Waals surface area (Å²) in [4.78, 5) is 4.14. The third-order valence-electron chi connectivity index (χ3n) is 3.69. The van der Waals surface area contributed by atoms with Gasteiger partial charge >= 0.3 is 0 Å². The average molecular weight is 245 g/mol. The van der Waals surface area contributed by atoms with Gasteiger partial charge in [0.25, 0.3) is 0 Å². The molecule has 1 aromatic heterocycles. The predicted molar refractivity (Wildman–Crippen MR) is 70.0 cm³/mol. The average Bonchev–Trinajstić information content (AvgIpc) is 2.41. The SMILES string of the molecule is CC1CCC(O)(CNc2cc(C#N)ccn2)CC1. The van der Waals surface area contributed by atoms with Crippen molar-refractivity contribution < 1.29 is 5.11 Å². The molecule has 1 aromatic rings. The molecular formula is C14H19N3O. The van der Waals surface area contributed by atoms with Gasteiger partial charge in [-0.3, -0.25) is 0 Å². The van der Waals surface area contributed by atoms with Crippen molar-refractivity contribution in [2.24, 2.45) is 5.92 Å². The van der Waals surface area contributed by atoms with Gasteiger partial charge in [0.05, 0.1) is 17.2 Å². The number of nitriles is 1. The molecule has 1 heterocycles. The van der Waals surface area contributed by atoms with Gasteiger partial charge in [-0.05, 0) is 43.7 Å². The molecule has 1 aliphatic carbocycles. The van der Waals surface area contributed by atoms with E-state index in [1.165, 1.54) is 0 Å². The van der Waals surface area contributed by atoms with E-state index in [4.69, 9.17) is 5.26 Å². The first kappa shape index (κ1) is 12.8. The number of nitrogens with zero attached hydrogens (tertiary/aromatic N) is 2. The van der Waals surface area contributed by atoms with E-state index in [0.717, 1.165) is 25.7 Å². The fourth-order valence-corrected chi connectivity index (χ4v) is 2.33. The third-order valence-corrected chi connectivity index (χ3v) is 3.69. The highest BCUT2D eigenvalue weighted by molar-refractivity contribution is 5.42. The number of anilines is 1. The van der Waals surface area contributed by atoms with Crippen molar-refractivity contribution >= 4 is 5.82 Å². The van der Waals surface area contributed by atoms with Gasteiger partial charge in [0.15, 0.2) is 0 Å². The van der Waals surface area contributed by atoms with Gasteiger partial charge in [-0.25, -0.2) is 4.98 Å². The van der Waals surface area contributed by atoms with E-state index in [2.05, 4.69) is 23.3 Å². The normalized spacial score (nSPS) is 27.5. The highest BCUT2D eigenvalue weighted by Gasteiger charge is 2.31. The molecule has 2 rings (SSSR count). The Hall–Kier alpha value is -1.60. The number of nitrogens with one attached hydrogen (secondary N) is 1. The standard InChI is InChI=1S/C14H19N3O/c1-11-2-5-14(18,6-3-11)10-17-13-8-12(9-15)4-7-16-13/h4,7-8,11,18H,2-3,5-6,10H2,1H3,(H,16,17). The number of pyridine rings is 1. The molecule has 0 atom stereocenters. The molecule has 1 fully saturated rings. The van der Waals surface area contributed by atoms with Crippen molar-refractivity contribution in [1.29, 1.82) is 5.26 Å². The number of rotatable bonds is 3. The Labute approximate surface area is 108 Å². The molecular weight excluding hydrogens is 226 g/mol. The molecule has 4 heteroatoms. The molecule has 0 amide bonds. The smallest absolute Gasteiger partial charge is 0.127 e. The van der Waals surface area contributed by atoms with Crippen LogP contribution < -0.4 is 5.32 Å². The molecule has 18 heavy (non-hydrogen) atoms. The minimum absolute atomic E-state index is 0.502. The van der Waals surface area contributed by atoms with Crippen LogP contribution in [0.25, 0.3) is 0 Å². The van der Waals surface area contributed by atoms with Crippen molar-refractivity contribution in [2.45, 2.75) is 38.2 Å². The molecule has 0 bridgehead atoms. The van der Waals surface area contributed by atoms with Crippen LogP contribution in [0.2, 0.25) is 0 Å². The molecule has 2 N–H and O–H groups in total. The molecule has 0 saturated heterocycles. The minimum Gasteiger partial charge on any atom is -0.388 e. The maximum absolute atomic E-state index is 10.4. The summed E-state index contributed by atoms with van der Waals surface area (Å²) in [5.74, 6) is 1.37. The van der Waals surface area contributed by atoms with Crippen LogP contribution in [0, 0.1) is 17.2 Å². The molecule has 0 aliphatic heterocycles. The maximum Gasteiger partial charge on any atom is 0.127 e. The van der Waals surface area contributed by atoms with Gasteiger partial charge in [0.1, 0.15) is 5.82 Å². The van der Waals surface area contributed by atoms with Gasteiger partial charge < -0.3 is 10.4 Å². The first-order chi connectivity index (χ1) is 8.61. The maximum atomic E-state index is 10.4. The van der Waals surface area contributed by atoms with E-state index in [9.17, 15) is 5.11 Å². The number of hydrogen-bond donors (Lipinski definition) is 2. The Balaban J connectivity index is 1.93. The van der Waals surface area contributed by atoms with Gasteiger partial charge in [-0.2, -0.15) is 5.26 Å². The number of hydrogen-bond acceptors (Lipinski definition) is 4. The Bertz CT molecular complexity index is 445. The van der Waals surface area contributed by atoms with Crippen LogP contribution in [0.3, 0.4) is 0 Å². The van der Waals surface area contributed by atoms with Crippen molar-refractivity contribution in [1.82, 2.24) is 4.98 Å². The third kappa shape index (κ3) is 3.21. The van der Waals surface area contributed by atoms with Crippen LogP contribution >= 0.6 is 0 Å². The first-order valence-electron chi connectivity index (χ1n) is 6.44. The topological polar surface area (TPSA) is 68.9 Å². The van der Waals surface area contributed by atoms with Gasteiger partial charge in [-0.1, -0.05) is 6.92 Å². The lowest BCUT2D eigenvalue weighted by Crippen LogP contribution is -2.40. The lowest BCUT2D eigenvalue weighted by Gasteiger charge is -2.35. The van der Waals surface area contributed by atoms with Crippen LogP contribution in [-0.2, 0) is 0 Å². The number of aromatic nitrogens is 1. The van der Waals surface area contributed by atoms with Crippen molar-refractivity contribution in [2.75, 3.05) is 11.9 Å². The molecule has 0 radical (unpaired) electrons. The summed E-state index contributed by atoms with van der Waals surface area (Å²) < 4.78 is 0. The van der Waals surface area contributed by atoms with E-state index in [0.29, 0.717) is 23.8 Å². The quantitative estimate of drug-likeness (QED) is 0.857. The summed E-state index contributed by atoms with van der Waals surface area (Å²) in [5.41, 5.74) is -0.0478. The van der Waals surface area contributed by atoms with Gasteiger partial charge in [0.2, 0.25) is 0 Å². The summed E-state index contributed by atoms with van der Waals surface area (Å²) in [6.45, 7) is 2.73. The Morgan fingerprint density at radius 1 is 1.56 bits per heavy atom. The highest BCUT2D eigenvalue weighted by atomic mass is 16.3. The lowest BCUT2D eigenvalue weighted by molar-refractivity contribution is 0.00495. The van der Waals surface area contributed by atoms with E-state index in [-0.39, 0.29) is 0 Å². The van der Waals surface area contributed by atoms with E-state index in [1.807, 2.05) is 0 Å². The van der Waals surface area contributed by atoms with Crippen molar-refractivity contribution in [3.8, 4) is 6.07 Å². The fraction of sp³-hybridized carbons (Fsp3) is 0.571.